The first kappa shape index (κ1) is 23.4. The van der Waals surface area contributed by atoms with Crippen LogP contribution in [0, 0.1) is 5.92 Å². The smallest absolute Gasteiger partial charge is 0.321 e. The number of hydrogen-bond acceptors (Lipinski definition) is 3. The Bertz CT molecular complexity index is 1090. The first-order valence-corrected chi connectivity index (χ1v) is 11.7. The minimum atomic E-state index is -0.272. The molecule has 3 amide bonds. The Balaban J connectivity index is 1.44. The second-order valence-corrected chi connectivity index (χ2v) is 8.63. The van der Waals surface area contributed by atoms with E-state index in [1.165, 1.54) is 5.56 Å². The van der Waals surface area contributed by atoms with Crippen LogP contribution in [0.1, 0.15) is 23.5 Å². The Morgan fingerprint density at radius 2 is 1.68 bits per heavy atom. The van der Waals surface area contributed by atoms with E-state index in [4.69, 9.17) is 4.74 Å². The predicted octanol–water partition coefficient (Wildman–Crippen LogP) is 4.69. The molecule has 1 aliphatic rings. The Kier molecular flexibility index (Phi) is 7.81. The molecule has 34 heavy (non-hydrogen) atoms. The van der Waals surface area contributed by atoms with Crippen LogP contribution in [0.15, 0.2) is 84.9 Å². The Morgan fingerprint density at radius 1 is 0.941 bits per heavy atom. The topological polar surface area (TPSA) is 70.7 Å². The van der Waals surface area contributed by atoms with Gasteiger partial charge in [-0.15, -0.1) is 0 Å². The molecule has 176 valence electrons. The highest BCUT2D eigenvalue weighted by atomic mass is 16.5. The third-order valence-corrected chi connectivity index (χ3v) is 6.26. The van der Waals surface area contributed by atoms with Crippen LogP contribution in [0.3, 0.4) is 0 Å². The van der Waals surface area contributed by atoms with Crippen molar-refractivity contribution in [2.75, 3.05) is 32.1 Å². The number of anilines is 1. The van der Waals surface area contributed by atoms with Gasteiger partial charge in [-0.25, -0.2) is 4.79 Å². The van der Waals surface area contributed by atoms with Crippen LogP contribution < -0.4 is 15.4 Å². The van der Waals surface area contributed by atoms with Crippen molar-refractivity contribution in [3.8, 4) is 5.75 Å². The SMILES string of the molecule is COc1cccc(NC(=O)N2C[C@@H](C(=O)NCCc3ccccc3)C[C@@H](c3ccccc3)C2)c1. The molecule has 3 aromatic rings. The monoisotopic (exact) mass is 457 g/mol. The van der Waals surface area contributed by atoms with Crippen molar-refractivity contribution in [1.82, 2.24) is 10.2 Å². The van der Waals surface area contributed by atoms with Gasteiger partial charge in [0.2, 0.25) is 5.91 Å². The first-order valence-electron chi connectivity index (χ1n) is 11.7. The number of methoxy groups -OCH3 is 1. The second-order valence-electron chi connectivity index (χ2n) is 8.63. The maximum absolute atomic E-state index is 13.2. The quantitative estimate of drug-likeness (QED) is 0.541. The molecule has 0 unspecified atom stereocenters. The number of nitrogens with zero attached hydrogens (tertiary/aromatic N) is 1. The van der Waals surface area contributed by atoms with Gasteiger partial charge in [0.15, 0.2) is 0 Å². The van der Waals surface area contributed by atoms with Crippen LogP contribution in [0.25, 0.3) is 0 Å². The Labute approximate surface area is 200 Å². The number of urea groups is 1. The van der Waals surface area contributed by atoms with Gasteiger partial charge in [0.25, 0.3) is 0 Å². The lowest BCUT2D eigenvalue weighted by atomic mass is 9.84. The minimum absolute atomic E-state index is 0.00394. The van der Waals surface area contributed by atoms with Crippen LogP contribution in [0.5, 0.6) is 5.75 Å². The van der Waals surface area contributed by atoms with Gasteiger partial charge in [-0.2, -0.15) is 0 Å². The number of piperidine rings is 1. The number of carbonyl (C=O) groups is 2. The fourth-order valence-corrected chi connectivity index (χ4v) is 4.44. The molecule has 1 saturated heterocycles. The van der Waals surface area contributed by atoms with Gasteiger partial charge >= 0.3 is 6.03 Å². The molecule has 1 fully saturated rings. The summed E-state index contributed by atoms with van der Waals surface area (Å²) in [6, 6.07) is 27.3. The normalized spacial score (nSPS) is 17.6. The van der Waals surface area contributed by atoms with Gasteiger partial charge in [0.1, 0.15) is 5.75 Å². The van der Waals surface area contributed by atoms with E-state index in [9.17, 15) is 9.59 Å². The molecule has 0 bridgehead atoms. The summed E-state index contributed by atoms with van der Waals surface area (Å²) in [5, 5.41) is 6.04. The summed E-state index contributed by atoms with van der Waals surface area (Å²) in [4.78, 5) is 28.0. The number of benzene rings is 3. The van der Waals surface area contributed by atoms with Gasteiger partial charge in [-0.1, -0.05) is 66.7 Å². The molecule has 0 spiro atoms. The van der Waals surface area contributed by atoms with Crippen molar-refractivity contribution in [1.29, 1.82) is 0 Å². The summed E-state index contributed by atoms with van der Waals surface area (Å²) in [7, 11) is 1.59. The predicted molar refractivity (Wildman–Crippen MR) is 134 cm³/mol. The average molecular weight is 458 g/mol. The standard InChI is InChI=1S/C28H31N3O3/c1-34-26-14-8-13-25(18-26)30-28(33)31-19-23(22-11-6-3-7-12-22)17-24(20-31)27(32)29-16-15-21-9-4-2-5-10-21/h2-14,18,23-24H,15-17,19-20H2,1H3,(H,29,32)(H,30,33)/t23-,24+/m1/s1. The lowest BCUT2D eigenvalue weighted by Crippen LogP contribution is -2.49. The van der Waals surface area contributed by atoms with Crippen molar-refractivity contribution in [2.24, 2.45) is 5.92 Å². The van der Waals surface area contributed by atoms with Gasteiger partial charge in [-0.3, -0.25) is 4.79 Å². The molecule has 0 saturated carbocycles. The van der Waals surface area contributed by atoms with E-state index in [1.807, 2.05) is 54.6 Å². The lowest BCUT2D eigenvalue weighted by molar-refractivity contribution is -0.126. The number of hydrogen-bond donors (Lipinski definition) is 2. The third-order valence-electron chi connectivity index (χ3n) is 6.26. The van der Waals surface area contributed by atoms with Crippen LogP contribution in [0.4, 0.5) is 10.5 Å². The molecule has 2 atom stereocenters. The fourth-order valence-electron chi connectivity index (χ4n) is 4.44. The molecule has 0 aliphatic carbocycles. The van der Waals surface area contributed by atoms with Crippen molar-refractivity contribution in [2.45, 2.75) is 18.8 Å². The Morgan fingerprint density at radius 3 is 2.41 bits per heavy atom. The van der Waals surface area contributed by atoms with Crippen LogP contribution >= 0.6 is 0 Å². The molecule has 3 aromatic carbocycles. The average Bonchev–Trinajstić information content (AvgIpc) is 2.89. The number of rotatable bonds is 7. The van der Waals surface area contributed by atoms with Crippen molar-refractivity contribution in [3.05, 3.63) is 96.1 Å². The largest absolute Gasteiger partial charge is 0.497 e. The molecule has 2 N–H and O–H groups in total. The summed E-state index contributed by atoms with van der Waals surface area (Å²) in [6.45, 7) is 1.52. The summed E-state index contributed by atoms with van der Waals surface area (Å²) >= 11 is 0. The zero-order valence-corrected chi connectivity index (χ0v) is 19.4. The summed E-state index contributed by atoms with van der Waals surface area (Å²) < 4.78 is 5.26. The van der Waals surface area contributed by atoms with Crippen LogP contribution in [-0.4, -0.2) is 43.6 Å². The van der Waals surface area contributed by atoms with Crippen molar-refractivity contribution >= 4 is 17.6 Å². The van der Waals surface area contributed by atoms with Gasteiger partial charge in [0.05, 0.1) is 13.0 Å². The highest BCUT2D eigenvalue weighted by Gasteiger charge is 2.34. The maximum atomic E-state index is 13.2. The second kappa shape index (κ2) is 11.4. The van der Waals surface area contributed by atoms with Gasteiger partial charge < -0.3 is 20.3 Å². The molecule has 1 heterocycles. The summed E-state index contributed by atoms with van der Waals surface area (Å²) in [5.41, 5.74) is 2.99. The van der Waals surface area contributed by atoms with Crippen molar-refractivity contribution in [3.63, 3.8) is 0 Å². The highest BCUT2D eigenvalue weighted by molar-refractivity contribution is 5.90. The number of amides is 3. The molecule has 6 heteroatoms. The molecule has 4 rings (SSSR count). The highest BCUT2D eigenvalue weighted by Crippen LogP contribution is 2.31. The summed E-state index contributed by atoms with van der Waals surface area (Å²) in [5.74, 6) is 0.492. The van der Waals surface area contributed by atoms with E-state index < -0.39 is 0 Å². The van der Waals surface area contributed by atoms with Gasteiger partial charge in [-0.05, 0) is 36.1 Å². The summed E-state index contributed by atoms with van der Waals surface area (Å²) in [6.07, 6.45) is 1.49. The fraction of sp³-hybridized carbons (Fsp3) is 0.286. The number of ether oxygens (including phenoxy) is 1. The van der Waals surface area contributed by atoms with Crippen LogP contribution in [0.2, 0.25) is 0 Å². The van der Waals surface area contributed by atoms with Crippen LogP contribution in [-0.2, 0) is 11.2 Å². The molecular weight excluding hydrogens is 426 g/mol. The third kappa shape index (κ3) is 6.16. The maximum Gasteiger partial charge on any atom is 0.321 e. The minimum Gasteiger partial charge on any atom is -0.497 e. The first-order chi connectivity index (χ1) is 16.6. The van der Waals surface area contributed by atoms with E-state index >= 15 is 0 Å². The zero-order valence-electron chi connectivity index (χ0n) is 19.4. The molecular formula is C28H31N3O3. The van der Waals surface area contributed by atoms with Crippen molar-refractivity contribution < 1.29 is 14.3 Å². The van der Waals surface area contributed by atoms with E-state index in [0.29, 0.717) is 37.5 Å². The Hall–Kier alpha value is -3.80. The van der Waals surface area contributed by atoms with E-state index in [0.717, 1.165) is 12.0 Å². The molecule has 1 aliphatic heterocycles. The molecule has 0 radical (unpaired) electrons. The van der Waals surface area contributed by atoms with E-state index in [2.05, 4.69) is 34.9 Å². The van der Waals surface area contributed by atoms with E-state index in [-0.39, 0.29) is 23.8 Å². The molecule has 0 aromatic heterocycles. The number of nitrogens with one attached hydrogen (secondary N) is 2. The zero-order chi connectivity index (χ0) is 23.8. The van der Waals surface area contributed by atoms with Gasteiger partial charge in [0, 0.05) is 37.3 Å². The molecule has 6 nitrogen and oxygen atoms in total. The number of carbonyl (C=O) groups excluding carboxylic acids is 2. The van der Waals surface area contributed by atoms with E-state index in [1.54, 1.807) is 18.1 Å². The lowest BCUT2D eigenvalue weighted by Gasteiger charge is -2.37. The number of likely N-dealkylation sites (tertiary alicyclic amines) is 1.